The van der Waals surface area contributed by atoms with Gasteiger partial charge in [0.2, 0.25) is 11.8 Å². The van der Waals surface area contributed by atoms with E-state index in [1.807, 2.05) is 31.0 Å². The van der Waals surface area contributed by atoms with Gasteiger partial charge in [0, 0.05) is 24.2 Å². The maximum atomic E-state index is 9.78. The van der Waals surface area contributed by atoms with Crippen molar-refractivity contribution in [3.63, 3.8) is 0 Å². The number of hydrogen-bond donors (Lipinski definition) is 1. The zero-order valence-electron chi connectivity index (χ0n) is 12.9. The van der Waals surface area contributed by atoms with Gasteiger partial charge in [-0.15, -0.1) is 10.2 Å². The van der Waals surface area contributed by atoms with E-state index in [1.54, 1.807) is 19.2 Å². The van der Waals surface area contributed by atoms with Crippen LogP contribution < -0.4 is 0 Å². The normalized spacial score (nSPS) is 14.3. The van der Waals surface area contributed by atoms with Crippen LogP contribution in [0.5, 0.6) is 0 Å². The molecule has 6 nitrogen and oxygen atoms in total. The molecule has 1 N–H and O–H groups in total. The first-order chi connectivity index (χ1) is 10.5. The summed E-state index contributed by atoms with van der Waals surface area (Å²) in [6.45, 7) is 2.67. The third-order valence-corrected chi connectivity index (χ3v) is 3.62. The second-order valence-corrected chi connectivity index (χ2v) is 5.62. The molecule has 2 aromatic rings. The average molecular weight is 326 g/mol. The van der Waals surface area contributed by atoms with E-state index in [0.29, 0.717) is 23.3 Å². The Morgan fingerprint density at radius 2 is 2.18 bits per heavy atom. The Kier molecular flexibility index (Phi) is 5.90. The molecule has 0 spiro atoms. The number of likely N-dealkylation sites (N-methyl/N-ethyl adjacent to an activating group) is 1. The number of hydrogen-bond acceptors (Lipinski definition) is 6. The number of aromatic nitrogens is 2. The van der Waals surface area contributed by atoms with E-state index in [-0.39, 0.29) is 12.6 Å². The Morgan fingerprint density at radius 1 is 1.41 bits per heavy atom. The van der Waals surface area contributed by atoms with Gasteiger partial charge >= 0.3 is 0 Å². The largest absolute Gasteiger partial charge is 0.419 e. The Bertz CT molecular complexity index is 605. The lowest BCUT2D eigenvalue weighted by Gasteiger charge is -2.24. The van der Waals surface area contributed by atoms with Gasteiger partial charge in [-0.05, 0) is 32.2 Å². The molecule has 0 aliphatic carbocycles. The van der Waals surface area contributed by atoms with Gasteiger partial charge in [-0.2, -0.15) is 0 Å². The van der Waals surface area contributed by atoms with Gasteiger partial charge in [-0.25, -0.2) is 0 Å². The molecule has 0 amide bonds. The second kappa shape index (κ2) is 7.69. The molecule has 1 aromatic heterocycles. The summed E-state index contributed by atoms with van der Waals surface area (Å²) in [5.74, 6) is 0.914. The SMILES string of the molecule is COCC(O)CN(C)C(C)c1nnc(-c2cccc(Cl)c2)o1. The van der Waals surface area contributed by atoms with Gasteiger partial charge in [-0.3, -0.25) is 4.90 Å². The smallest absolute Gasteiger partial charge is 0.247 e. The lowest BCUT2D eigenvalue weighted by molar-refractivity contribution is 0.0332. The molecule has 2 unspecified atom stereocenters. The molecule has 120 valence electrons. The van der Waals surface area contributed by atoms with Gasteiger partial charge in [0.25, 0.3) is 0 Å². The first-order valence-corrected chi connectivity index (χ1v) is 7.35. The summed E-state index contributed by atoms with van der Waals surface area (Å²) in [6.07, 6.45) is -0.562. The van der Waals surface area contributed by atoms with E-state index in [9.17, 15) is 5.11 Å². The van der Waals surface area contributed by atoms with Crippen LogP contribution in [-0.2, 0) is 4.74 Å². The van der Waals surface area contributed by atoms with E-state index >= 15 is 0 Å². The molecule has 0 aliphatic heterocycles. The molecular formula is C15H20ClN3O3. The van der Waals surface area contributed by atoms with Crippen LogP contribution in [0.4, 0.5) is 0 Å². The van der Waals surface area contributed by atoms with Crippen molar-refractivity contribution in [3.8, 4) is 11.5 Å². The Morgan fingerprint density at radius 3 is 2.86 bits per heavy atom. The van der Waals surface area contributed by atoms with Crippen molar-refractivity contribution in [2.45, 2.75) is 19.1 Å². The summed E-state index contributed by atoms with van der Waals surface area (Å²) in [4.78, 5) is 1.93. The third kappa shape index (κ3) is 4.27. The molecule has 0 radical (unpaired) electrons. The van der Waals surface area contributed by atoms with Crippen molar-refractivity contribution in [3.05, 3.63) is 35.2 Å². The minimum atomic E-state index is -0.562. The summed E-state index contributed by atoms with van der Waals surface area (Å²) < 4.78 is 10.6. The minimum absolute atomic E-state index is 0.119. The van der Waals surface area contributed by atoms with Crippen LogP contribution in [-0.4, -0.2) is 53.6 Å². The summed E-state index contributed by atoms with van der Waals surface area (Å²) in [7, 11) is 3.44. The number of nitrogens with zero attached hydrogens (tertiary/aromatic N) is 3. The van der Waals surface area contributed by atoms with Crippen molar-refractivity contribution in [1.82, 2.24) is 15.1 Å². The number of aliphatic hydroxyl groups is 1. The van der Waals surface area contributed by atoms with Crippen LogP contribution >= 0.6 is 11.6 Å². The number of rotatable bonds is 7. The van der Waals surface area contributed by atoms with Gasteiger partial charge < -0.3 is 14.3 Å². The van der Waals surface area contributed by atoms with E-state index in [2.05, 4.69) is 10.2 Å². The second-order valence-electron chi connectivity index (χ2n) is 5.18. The molecule has 2 atom stereocenters. The zero-order chi connectivity index (χ0) is 16.1. The Hall–Kier alpha value is -1.47. The van der Waals surface area contributed by atoms with Crippen LogP contribution in [0.1, 0.15) is 18.9 Å². The Labute approximate surface area is 134 Å². The lowest BCUT2D eigenvalue weighted by Crippen LogP contribution is -2.33. The summed E-state index contributed by atoms with van der Waals surface area (Å²) in [6, 6.07) is 7.13. The summed E-state index contributed by atoms with van der Waals surface area (Å²) in [5, 5.41) is 18.5. The molecule has 0 bridgehead atoms. The monoisotopic (exact) mass is 325 g/mol. The standard InChI is InChI=1S/C15H20ClN3O3/c1-10(19(2)8-13(20)9-21-3)14-17-18-15(22-14)11-5-4-6-12(16)7-11/h4-7,10,13,20H,8-9H2,1-3H3. The topological polar surface area (TPSA) is 71.6 Å². The van der Waals surface area contributed by atoms with Crippen molar-refractivity contribution in [2.75, 3.05) is 27.3 Å². The van der Waals surface area contributed by atoms with Crippen LogP contribution in [0, 0.1) is 0 Å². The van der Waals surface area contributed by atoms with E-state index in [4.69, 9.17) is 20.8 Å². The molecule has 0 fully saturated rings. The first-order valence-electron chi connectivity index (χ1n) is 6.98. The quantitative estimate of drug-likeness (QED) is 0.842. The molecule has 0 aliphatic rings. The maximum absolute atomic E-state index is 9.78. The lowest BCUT2D eigenvalue weighted by atomic mass is 10.2. The van der Waals surface area contributed by atoms with Crippen molar-refractivity contribution >= 4 is 11.6 Å². The third-order valence-electron chi connectivity index (χ3n) is 3.39. The van der Waals surface area contributed by atoms with Crippen molar-refractivity contribution in [2.24, 2.45) is 0 Å². The highest BCUT2D eigenvalue weighted by molar-refractivity contribution is 6.30. The Balaban J connectivity index is 2.07. The number of aliphatic hydroxyl groups excluding tert-OH is 1. The molecule has 1 aromatic carbocycles. The number of ether oxygens (including phenoxy) is 1. The van der Waals surface area contributed by atoms with Gasteiger partial charge in [0.1, 0.15) is 0 Å². The van der Waals surface area contributed by atoms with Crippen LogP contribution in [0.3, 0.4) is 0 Å². The molecule has 2 rings (SSSR count). The summed E-state index contributed by atoms with van der Waals surface area (Å²) in [5.41, 5.74) is 0.778. The molecule has 0 saturated carbocycles. The number of benzene rings is 1. The molecule has 22 heavy (non-hydrogen) atoms. The highest BCUT2D eigenvalue weighted by Crippen LogP contribution is 2.25. The predicted octanol–water partition coefficient (Wildman–Crippen LogP) is 2.39. The minimum Gasteiger partial charge on any atom is -0.419 e. The van der Waals surface area contributed by atoms with E-state index in [1.165, 1.54) is 0 Å². The fourth-order valence-electron chi connectivity index (χ4n) is 2.07. The predicted molar refractivity (Wildman–Crippen MR) is 83.7 cm³/mol. The van der Waals surface area contributed by atoms with Crippen LogP contribution in [0.2, 0.25) is 5.02 Å². The van der Waals surface area contributed by atoms with E-state index < -0.39 is 6.10 Å². The highest BCUT2D eigenvalue weighted by atomic mass is 35.5. The maximum Gasteiger partial charge on any atom is 0.247 e. The van der Waals surface area contributed by atoms with Crippen LogP contribution in [0.15, 0.2) is 28.7 Å². The van der Waals surface area contributed by atoms with Crippen LogP contribution in [0.25, 0.3) is 11.5 Å². The molecule has 7 heteroatoms. The number of halogens is 1. The first kappa shape index (κ1) is 16.9. The van der Waals surface area contributed by atoms with Gasteiger partial charge in [0.15, 0.2) is 0 Å². The summed E-state index contributed by atoms with van der Waals surface area (Å²) >= 11 is 5.96. The molecular weight excluding hydrogens is 306 g/mol. The number of methoxy groups -OCH3 is 1. The van der Waals surface area contributed by atoms with Crippen molar-refractivity contribution < 1.29 is 14.3 Å². The van der Waals surface area contributed by atoms with Gasteiger partial charge in [0.05, 0.1) is 18.8 Å². The average Bonchev–Trinajstić information content (AvgIpc) is 2.96. The van der Waals surface area contributed by atoms with E-state index in [0.717, 1.165) is 5.56 Å². The fourth-order valence-corrected chi connectivity index (χ4v) is 2.26. The molecule has 0 saturated heterocycles. The highest BCUT2D eigenvalue weighted by Gasteiger charge is 2.21. The zero-order valence-corrected chi connectivity index (χ0v) is 13.6. The fraction of sp³-hybridized carbons (Fsp3) is 0.467. The van der Waals surface area contributed by atoms with Crippen molar-refractivity contribution in [1.29, 1.82) is 0 Å². The van der Waals surface area contributed by atoms with Gasteiger partial charge in [-0.1, -0.05) is 17.7 Å². The molecule has 1 heterocycles.